The van der Waals surface area contributed by atoms with Crippen LogP contribution in [0.1, 0.15) is 23.7 Å². The molecule has 1 atom stereocenters. The van der Waals surface area contributed by atoms with Gasteiger partial charge >= 0.3 is 0 Å². The number of aryl methyl sites for hydroxylation is 1. The molecule has 3 aromatic rings. The lowest BCUT2D eigenvalue weighted by Gasteiger charge is -2.13. The highest BCUT2D eigenvalue weighted by atomic mass is 127. The van der Waals surface area contributed by atoms with E-state index < -0.39 is 0 Å². The Morgan fingerprint density at radius 1 is 1.19 bits per heavy atom. The van der Waals surface area contributed by atoms with Crippen LogP contribution in [0.2, 0.25) is 5.02 Å². The standard InChI is InChI=1S/C16H13Cl2IN2/c1-9-3-4-11(18)7-15(9)21-14-6-5-12(19)8-13(14)20-16(21)10(2)17/h3-8,10H,1-2H3. The van der Waals surface area contributed by atoms with E-state index in [-0.39, 0.29) is 5.38 Å². The highest BCUT2D eigenvalue weighted by Crippen LogP contribution is 2.31. The van der Waals surface area contributed by atoms with E-state index in [1.54, 1.807) is 0 Å². The summed E-state index contributed by atoms with van der Waals surface area (Å²) in [7, 11) is 0. The summed E-state index contributed by atoms with van der Waals surface area (Å²) in [5.41, 5.74) is 4.15. The van der Waals surface area contributed by atoms with Crippen LogP contribution < -0.4 is 0 Å². The van der Waals surface area contributed by atoms with E-state index >= 15 is 0 Å². The first-order valence-corrected chi connectivity index (χ1v) is 8.45. The van der Waals surface area contributed by atoms with E-state index in [0.717, 1.165) is 31.7 Å². The molecule has 0 saturated carbocycles. The molecular formula is C16H13Cl2IN2. The van der Waals surface area contributed by atoms with Crippen molar-refractivity contribution in [3.63, 3.8) is 0 Å². The third kappa shape index (κ3) is 2.79. The molecule has 5 heteroatoms. The predicted molar refractivity (Wildman–Crippen MR) is 97.8 cm³/mol. The number of aromatic nitrogens is 2. The van der Waals surface area contributed by atoms with E-state index in [2.05, 4.69) is 52.3 Å². The Labute approximate surface area is 147 Å². The maximum Gasteiger partial charge on any atom is 0.132 e. The van der Waals surface area contributed by atoms with Crippen molar-refractivity contribution in [1.82, 2.24) is 9.55 Å². The van der Waals surface area contributed by atoms with Crippen molar-refractivity contribution in [3.05, 3.63) is 56.4 Å². The zero-order valence-corrected chi connectivity index (χ0v) is 15.2. The summed E-state index contributed by atoms with van der Waals surface area (Å²) in [5, 5.41) is 0.518. The van der Waals surface area contributed by atoms with Gasteiger partial charge in [0.15, 0.2) is 0 Å². The maximum atomic E-state index is 6.34. The van der Waals surface area contributed by atoms with Crippen LogP contribution >= 0.6 is 45.8 Å². The van der Waals surface area contributed by atoms with Gasteiger partial charge in [-0.2, -0.15) is 0 Å². The fourth-order valence-corrected chi connectivity index (χ4v) is 3.20. The van der Waals surface area contributed by atoms with E-state index in [4.69, 9.17) is 28.2 Å². The molecule has 0 aliphatic heterocycles. The summed E-state index contributed by atoms with van der Waals surface area (Å²) in [6, 6.07) is 12.1. The van der Waals surface area contributed by atoms with Crippen molar-refractivity contribution in [2.45, 2.75) is 19.2 Å². The van der Waals surface area contributed by atoms with Gasteiger partial charge in [-0.15, -0.1) is 11.6 Å². The van der Waals surface area contributed by atoms with Crippen molar-refractivity contribution < 1.29 is 0 Å². The molecule has 0 aliphatic carbocycles. The molecule has 21 heavy (non-hydrogen) atoms. The lowest BCUT2D eigenvalue weighted by Crippen LogP contribution is -2.03. The molecule has 0 radical (unpaired) electrons. The minimum atomic E-state index is -0.187. The van der Waals surface area contributed by atoms with Gasteiger partial charge in [0.25, 0.3) is 0 Å². The van der Waals surface area contributed by atoms with Crippen molar-refractivity contribution >= 4 is 56.8 Å². The minimum absolute atomic E-state index is 0.187. The quantitative estimate of drug-likeness (QED) is 0.366. The molecule has 2 nitrogen and oxygen atoms in total. The van der Waals surface area contributed by atoms with Crippen LogP contribution in [0.5, 0.6) is 0 Å². The Kier molecular flexibility index (Phi) is 4.17. The minimum Gasteiger partial charge on any atom is -0.295 e. The van der Waals surface area contributed by atoms with Crippen molar-refractivity contribution in [2.75, 3.05) is 0 Å². The second-order valence-electron chi connectivity index (χ2n) is 4.99. The first-order chi connectivity index (χ1) is 9.97. The lowest BCUT2D eigenvalue weighted by atomic mass is 10.2. The van der Waals surface area contributed by atoms with E-state index in [9.17, 15) is 0 Å². The molecule has 2 aromatic carbocycles. The van der Waals surface area contributed by atoms with E-state index in [0.29, 0.717) is 5.02 Å². The van der Waals surface area contributed by atoms with Crippen LogP contribution in [-0.4, -0.2) is 9.55 Å². The molecule has 0 fully saturated rings. The highest BCUT2D eigenvalue weighted by Gasteiger charge is 2.17. The number of halogens is 3. The molecule has 0 bridgehead atoms. The summed E-state index contributed by atoms with van der Waals surface area (Å²) >= 11 is 14.8. The van der Waals surface area contributed by atoms with Crippen molar-refractivity contribution in [1.29, 1.82) is 0 Å². The van der Waals surface area contributed by atoms with Gasteiger partial charge in [0.05, 0.1) is 22.1 Å². The molecule has 1 aromatic heterocycles. The second-order valence-corrected chi connectivity index (χ2v) is 7.32. The van der Waals surface area contributed by atoms with Crippen molar-refractivity contribution in [2.24, 2.45) is 0 Å². The average molecular weight is 431 g/mol. The molecule has 3 rings (SSSR count). The summed E-state index contributed by atoms with van der Waals surface area (Å²) in [6.45, 7) is 4.00. The summed E-state index contributed by atoms with van der Waals surface area (Å²) in [6.07, 6.45) is 0. The number of hydrogen-bond acceptors (Lipinski definition) is 1. The third-order valence-electron chi connectivity index (χ3n) is 3.41. The molecular weight excluding hydrogens is 418 g/mol. The number of nitrogens with zero attached hydrogens (tertiary/aromatic N) is 2. The smallest absolute Gasteiger partial charge is 0.132 e. The fourth-order valence-electron chi connectivity index (χ4n) is 2.42. The molecule has 1 heterocycles. The van der Waals surface area contributed by atoms with Gasteiger partial charge in [0.2, 0.25) is 0 Å². The number of benzene rings is 2. The van der Waals surface area contributed by atoms with Gasteiger partial charge in [-0.3, -0.25) is 4.57 Å². The van der Waals surface area contributed by atoms with E-state index in [1.807, 2.05) is 25.1 Å². The number of alkyl halides is 1. The van der Waals surface area contributed by atoms with Gasteiger partial charge in [-0.25, -0.2) is 4.98 Å². The lowest BCUT2D eigenvalue weighted by molar-refractivity contribution is 0.878. The largest absolute Gasteiger partial charge is 0.295 e. The number of hydrogen-bond donors (Lipinski definition) is 0. The number of imidazole rings is 1. The fraction of sp³-hybridized carbons (Fsp3) is 0.188. The van der Waals surface area contributed by atoms with Gasteiger partial charge in [-0.05, 0) is 72.3 Å². The molecule has 1 unspecified atom stereocenters. The third-order valence-corrected chi connectivity index (χ3v) is 4.51. The van der Waals surface area contributed by atoms with Crippen LogP contribution in [0.3, 0.4) is 0 Å². The summed E-state index contributed by atoms with van der Waals surface area (Å²) in [5.74, 6) is 0.832. The molecule has 108 valence electrons. The number of fused-ring (bicyclic) bond motifs is 1. The van der Waals surface area contributed by atoms with Gasteiger partial charge in [0, 0.05) is 8.59 Å². The van der Waals surface area contributed by atoms with Crippen LogP contribution in [-0.2, 0) is 0 Å². The Hall–Kier alpha value is -0.780. The van der Waals surface area contributed by atoms with Crippen LogP contribution in [0.4, 0.5) is 0 Å². The predicted octanol–water partition coefficient (Wildman–Crippen LogP) is 5.89. The average Bonchev–Trinajstić information content (AvgIpc) is 2.80. The zero-order valence-electron chi connectivity index (χ0n) is 11.6. The molecule has 0 saturated heterocycles. The molecule has 0 N–H and O–H groups in total. The highest BCUT2D eigenvalue weighted by molar-refractivity contribution is 14.1. The maximum absolute atomic E-state index is 6.34. The van der Waals surface area contributed by atoms with Crippen LogP contribution in [0.25, 0.3) is 16.7 Å². The topological polar surface area (TPSA) is 17.8 Å². The second kappa shape index (κ2) is 5.78. The van der Waals surface area contributed by atoms with Crippen LogP contribution in [0.15, 0.2) is 36.4 Å². The normalized spacial score (nSPS) is 12.8. The van der Waals surface area contributed by atoms with Crippen molar-refractivity contribution in [3.8, 4) is 5.69 Å². The molecule has 0 aliphatic rings. The Bertz CT molecular complexity index is 825. The number of rotatable bonds is 2. The molecule has 0 spiro atoms. The van der Waals surface area contributed by atoms with Crippen LogP contribution in [0, 0.1) is 10.5 Å². The van der Waals surface area contributed by atoms with Gasteiger partial charge < -0.3 is 0 Å². The van der Waals surface area contributed by atoms with E-state index in [1.165, 1.54) is 0 Å². The Morgan fingerprint density at radius 2 is 1.95 bits per heavy atom. The van der Waals surface area contributed by atoms with Gasteiger partial charge in [0.1, 0.15) is 5.82 Å². The van der Waals surface area contributed by atoms with Gasteiger partial charge in [-0.1, -0.05) is 17.7 Å². The first kappa shape index (κ1) is 15.1. The SMILES string of the molecule is Cc1ccc(Cl)cc1-n1c(C(C)Cl)nc2cc(I)ccc21. The first-order valence-electron chi connectivity index (χ1n) is 6.56. The monoisotopic (exact) mass is 430 g/mol. The zero-order chi connectivity index (χ0) is 15.1. The molecule has 0 amide bonds. The Balaban J connectivity index is 2.39. The summed E-state index contributed by atoms with van der Waals surface area (Å²) in [4.78, 5) is 4.70. The summed E-state index contributed by atoms with van der Waals surface area (Å²) < 4.78 is 3.26. The Morgan fingerprint density at radius 3 is 2.67 bits per heavy atom.